The van der Waals surface area contributed by atoms with E-state index in [0.717, 1.165) is 27.0 Å². The van der Waals surface area contributed by atoms with Gasteiger partial charge in [0.05, 0.1) is 0 Å². The second-order valence-electron chi connectivity index (χ2n) is 5.57. The molecule has 0 aliphatic carbocycles. The molecule has 0 saturated heterocycles. The predicted octanol–water partition coefficient (Wildman–Crippen LogP) is 3.78. The molecule has 0 unspecified atom stereocenters. The van der Waals surface area contributed by atoms with Crippen LogP contribution in [0.2, 0.25) is 0 Å². The third-order valence-corrected chi connectivity index (χ3v) is 4.99. The van der Waals surface area contributed by atoms with Gasteiger partial charge in [0.15, 0.2) is 5.69 Å². The van der Waals surface area contributed by atoms with Crippen molar-refractivity contribution < 1.29 is 0 Å². The summed E-state index contributed by atoms with van der Waals surface area (Å²) in [6.07, 6.45) is 1.90. The Morgan fingerprint density at radius 3 is 2.58 bits per heavy atom. The van der Waals surface area contributed by atoms with E-state index in [9.17, 15) is 4.79 Å². The largest absolute Gasteiger partial charge is 0.360 e. The van der Waals surface area contributed by atoms with E-state index >= 15 is 0 Å². The molecule has 0 bridgehead atoms. The third kappa shape index (κ3) is 2.49. The van der Waals surface area contributed by atoms with Crippen molar-refractivity contribution in [1.82, 2.24) is 24.8 Å². The molecule has 26 heavy (non-hydrogen) atoms. The van der Waals surface area contributed by atoms with Gasteiger partial charge in [-0.3, -0.25) is 4.79 Å². The molecular formula is C18H12ClN5OS. The molecule has 5 rings (SSSR count). The van der Waals surface area contributed by atoms with Gasteiger partial charge in [0, 0.05) is 28.2 Å². The van der Waals surface area contributed by atoms with E-state index in [1.165, 1.54) is 15.9 Å². The zero-order valence-corrected chi connectivity index (χ0v) is 14.9. The lowest BCUT2D eigenvalue weighted by atomic mass is 10.2. The average Bonchev–Trinajstić information content (AvgIpc) is 3.27. The number of nitrogens with one attached hydrogen (secondary N) is 1. The molecule has 0 spiro atoms. The Bertz CT molecular complexity index is 1280. The van der Waals surface area contributed by atoms with Gasteiger partial charge in [-0.25, -0.2) is 0 Å². The maximum Gasteiger partial charge on any atom is 0.302 e. The van der Waals surface area contributed by atoms with E-state index in [2.05, 4.69) is 20.3 Å². The third-order valence-electron chi connectivity index (χ3n) is 4.06. The van der Waals surface area contributed by atoms with E-state index in [1.807, 2.05) is 60.8 Å². The van der Waals surface area contributed by atoms with Gasteiger partial charge in [0.1, 0.15) is 5.01 Å². The van der Waals surface area contributed by atoms with E-state index in [-0.39, 0.29) is 18.0 Å². The Labute approximate surface area is 157 Å². The molecule has 6 nitrogen and oxygen atoms in total. The van der Waals surface area contributed by atoms with Gasteiger partial charge in [-0.1, -0.05) is 59.9 Å². The SMILES string of the molecule is Cl.O=c1c(-c2ccccc2)nnc2sc(-c3c[nH]c4ccccc34)nn12. The summed E-state index contributed by atoms with van der Waals surface area (Å²) >= 11 is 1.35. The highest BCUT2D eigenvalue weighted by atomic mass is 35.5. The molecule has 0 aliphatic heterocycles. The number of aromatic nitrogens is 5. The summed E-state index contributed by atoms with van der Waals surface area (Å²) in [6.45, 7) is 0. The highest BCUT2D eigenvalue weighted by molar-refractivity contribution is 7.19. The molecule has 3 heterocycles. The minimum Gasteiger partial charge on any atom is -0.360 e. The van der Waals surface area contributed by atoms with Crippen LogP contribution in [0.25, 0.3) is 37.7 Å². The lowest BCUT2D eigenvalue weighted by Gasteiger charge is -1.97. The van der Waals surface area contributed by atoms with Crippen LogP contribution in [0.5, 0.6) is 0 Å². The standard InChI is InChI=1S/C18H11N5OS.ClH/c24-17-15(11-6-2-1-3-7-11)20-21-18-23(17)22-16(25-18)13-10-19-14-9-5-4-8-12(13)14;/h1-10,19H;1H. The van der Waals surface area contributed by atoms with E-state index in [0.29, 0.717) is 10.7 Å². The van der Waals surface area contributed by atoms with Crippen LogP contribution in [0, 0.1) is 0 Å². The summed E-state index contributed by atoms with van der Waals surface area (Å²) in [6, 6.07) is 17.3. The second kappa shape index (κ2) is 6.36. The average molecular weight is 382 g/mol. The van der Waals surface area contributed by atoms with Gasteiger partial charge in [-0.15, -0.1) is 22.6 Å². The van der Waals surface area contributed by atoms with Crippen LogP contribution in [0.3, 0.4) is 0 Å². The molecule has 0 aliphatic rings. The first-order valence-electron chi connectivity index (χ1n) is 7.70. The molecule has 0 radical (unpaired) electrons. The van der Waals surface area contributed by atoms with Gasteiger partial charge < -0.3 is 4.98 Å². The summed E-state index contributed by atoms with van der Waals surface area (Å²) in [7, 11) is 0. The summed E-state index contributed by atoms with van der Waals surface area (Å²) in [5, 5.41) is 14.6. The van der Waals surface area contributed by atoms with Gasteiger partial charge in [0.25, 0.3) is 0 Å². The van der Waals surface area contributed by atoms with Gasteiger partial charge in [0.2, 0.25) is 4.96 Å². The molecular weight excluding hydrogens is 370 g/mol. The van der Waals surface area contributed by atoms with Crippen molar-refractivity contribution in [3.8, 4) is 21.8 Å². The molecule has 5 aromatic rings. The van der Waals surface area contributed by atoms with E-state index in [1.54, 1.807) is 0 Å². The van der Waals surface area contributed by atoms with Crippen molar-refractivity contribution >= 4 is 39.6 Å². The number of rotatable bonds is 2. The van der Waals surface area contributed by atoms with Crippen LogP contribution in [-0.4, -0.2) is 24.8 Å². The number of fused-ring (bicyclic) bond motifs is 2. The molecule has 0 atom stereocenters. The first kappa shape index (κ1) is 16.4. The zero-order valence-electron chi connectivity index (χ0n) is 13.3. The smallest absolute Gasteiger partial charge is 0.302 e. The minimum absolute atomic E-state index is 0. The number of aromatic amines is 1. The maximum atomic E-state index is 12.8. The van der Waals surface area contributed by atoms with Crippen LogP contribution in [0.4, 0.5) is 0 Å². The zero-order chi connectivity index (χ0) is 16.8. The fourth-order valence-electron chi connectivity index (χ4n) is 2.85. The number of H-pyrrole nitrogens is 1. The molecule has 0 amide bonds. The summed E-state index contributed by atoms with van der Waals surface area (Å²) in [4.78, 5) is 16.5. The Hall–Kier alpha value is -3.03. The van der Waals surface area contributed by atoms with Crippen molar-refractivity contribution in [2.75, 3.05) is 0 Å². The number of benzene rings is 2. The molecule has 0 fully saturated rings. The summed E-state index contributed by atoms with van der Waals surface area (Å²) in [5.41, 5.74) is 2.75. The maximum absolute atomic E-state index is 12.8. The van der Waals surface area contributed by atoms with Crippen molar-refractivity contribution in [3.05, 3.63) is 71.1 Å². The minimum atomic E-state index is -0.265. The molecule has 128 valence electrons. The van der Waals surface area contributed by atoms with E-state index < -0.39 is 0 Å². The topological polar surface area (TPSA) is 75.9 Å². The first-order valence-corrected chi connectivity index (χ1v) is 8.51. The van der Waals surface area contributed by atoms with Crippen LogP contribution >= 0.6 is 23.7 Å². The number of hydrogen-bond donors (Lipinski definition) is 1. The molecule has 8 heteroatoms. The molecule has 0 saturated carbocycles. The van der Waals surface area contributed by atoms with Crippen molar-refractivity contribution in [2.45, 2.75) is 0 Å². The van der Waals surface area contributed by atoms with Gasteiger partial charge in [-0.2, -0.15) is 9.61 Å². The van der Waals surface area contributed by atoms with Crippen LogP contribution in [-0.2, 0) is 0 Å². The highest BCUT2D eigenvalue weighted by Gasteiger charge is 2.16. The highest BCUT2D eigenvalue weighted by Crippen LogP contribution is 2.31. The van der Waals surface area contributed by atoms with Crippen molar-refractivity contribution in [2.24, 2.45) is 0 Å². The number of nitrogens with zero attached hydrogens (tertiary/aromatic N) is 4. The Kier molecular flexibility index (Phi) is 4.02. The van der Waals surface area contributed by atoms with Crippen LogP contribution in [0.15, 0.2) is 65.6 Å². The summed E-state index contributed by atoms with van der Waals surface area (Å²) in [5.74, 6) is 0. The molecule has 3 aromatic heterocycles. The molecule has 1 N–H and O–H groups in total. The van der Waals surface area contributed by atoms with Gasteiger partial charge in [-0.05, 0) is 6.07 Å². The summed E-state index contributed by atoms with van der Waals surface area (Å²) < 4.78 is 1.33. The van der Waals surface area contributed by atoms with Gasteiger partial charge >= 0.3 is 5.56 Å². The number of para-hydroxylation sites is 1. The fourth-order valence-corrected chi connectivity index (χ4v) is 3.72. The van der Waals surface area contributed by atoms with Crippen molar-refractivity contribution in [1.29, 1.82) is 0 Å². The van der Waals surface area contributed by atoms with Crippen molar-refractivity contribution in [3.63, 3.8) is 0 Å². The number of hydrogen-bond acceptors (Lipinski definition) is 5. The Morgan fingerprint density at radius 1 is 0.962 bits per heavy atom. The normalized spacial score (nSPS) is 10.9. The predicted molar refractivity (Wildman–Crippen MR) is 105 cm³/mol. The lowest BCUT2D eigenvalue weighted by molar-refractivity contribution is 0.862. The monoisotopic (exact) mass is 381 g/mol. The Morgan fingerprint density at radius 2 is 1.73 bits per heavy atom. The quantitative estimate of drug-likeness (QED) is 0.505. The lowest BCUT2D eigenvalue weighted by Crippen LogP contribution is -2.19. The van der Waals surface area contributed by atoms with Crippen LogP contribution in [0.1, 0.15) is 0 Å². The number of halogens is 1. The van der Waals surface area contributed by atoms with Crippen LogP contribution < -0.4 is 5.56 Å². The first-order chi connectivity index (χ1) is 12.3. The Balaban J connectivity index is 0.00000168. The fraction of sp³-hybridized carbons (Fsp3) is 0. The second-order valence-corrected chi connectivity index (χ2v) is 6.53. The van der Waals surface area contributed by atoms with E-state index in [4.69, 9.17) is 0 Å². The molecule has 2 aromatic carbocycles.